The van der Waals surface area contributed by atoms with Crippen LogP contribution in [0.3, 0.4) is 0 Å². The summed E-state index contributed by atoms with van der Waals surface area (Å²) in [6.07, 6.45) is -0.403. The van der Waals surface area contributed by atoms with Gasteiger partial charge in [-0.05, 0) is 49.6 Å². The number of nitrogens with zero attached hydrogens (tertiary/aromatic N) is 1. The molecule has 40 heavy (non-hydrogen) atoms. The van der Waals surface area contributed by atoms with Crippen LogP contribution in [0.2, 0.25) is 0 Å². The molecule has 0 heterocycles. The average molecular weight is 547 g/mol. The van der Waals surface area contributed by atoms with E-state index >= 15 is 0 Å². The lowest BCUT2D eigenvalue weighted by Crippen LogP contribution is -2.51. The fraction of sp³-hybridized carbons (Fsp3) is 0.344. The van der Waals surface area contributed by atoms with Gasteiger partial charge >= 0.3 is 12.1 Å². The topological polar surface area (TPSA) is 94.2 Å². The van der Waals surface area contributed by atoms with Gasteiger partial charge in [-0.3, -0.25) is 9.59 Å². The van der Waals surface area contributed by atoms with Crippen molar-refractivity contribution in [2.24, 2.45) is 0 Å². The summed E-state index contributed by atoms with van der Waals surface area (Å²) in [5, 5.41) is 2.74. The normalized spacial score (nSPS) is 11.7. The zero-order valence-electron chi connectivity index (χ0n) is 23.6. The first-order valence-corrected chi connectivity index (χ1v) is 13.3. The SMILES string of the molecule is COC(=O)CCN(Cc1ccc(OCc2ccccc2)cc1)C(=O)[C@H](Cc1ccccc1)NC(=O)OC(C)(C)C. The zero-order valence-corrected chi connectivity index (χ0v) is 23.6. The summed E-state index contributed by atoms with van der Waals surface area (Å²) in [7, 11) is 1.31. The standard InChI is InChI=1S/C32H38N2O6/c1-32(2,3)40-31(37)33-28(21-24-11-7-5-8-12-24)30(36)34(20-19-29(35)38-4)22-25-15-17-27(18-16-25)39-23-26-13-9-6-10-14-26/h5-18,28H,19-23H2,1-4H3,(H,33,37)/t28-/m0/s1. The first-order chi connectivity index (χ1) is 19.1. The monoisotopic (exact) mass is 546 g/mol. The molecular formula is C32H38N2O6. The second kappa shape index (κ2) is 14.7. The molecule has 0 aliphatic rings. The number of alkyl carbamates (subject to hydrolysis) is 1. The summed E-state index contributed by atoms with van der Waals surface area (Å²) in [4.78, 5) is 40.0. The Bertz CT molecular complexity index is 1220. The lowest BCUT2D eigenvalue weighted by molar-refractivity contribution is -0.142. The average Bonchev–Trinajstić information content (AvgIpc) is 2.94. The van der Waals surface area contributed by atoms with Crippen LogP contribution in [0.4, 0.5) is 4.79 Å². The number of carbonyl (C=O) groups is 3. The highest BCUT2D eigenvalue weighted by Gasteiger charge is 2.29. The Balaban J connectivity index is 1.77. The van der Waals surface area contributed by atoms with Gasteiger partial charge in [-0.2, -0.15) is 0 Å². The van der Waals surface area contributed by atoms with Crippen molar-refractivity contribution >= 4 is 18.0 Å². The number of esters is 1. The summed E-state index contributed by atoms with van der Waals surface area (Å²) < 4.78 is 16.1. The lowest BCUT2D eigenvalue weighted by Gasteiger charge is -2.29. The number of benzene rings is 3. The maximum atomic E-state index is 13.9. The number of ether oxygens (including phenoxy) is 3. The van der Waals surface area contributed by atoms with E-state index in [0.29, 0.717) is 12.4 Å². The molecule has 0 aliphatic heterocycles. The van der Waals surface area contributed by atoms with E-state index < -0.39 is 23.7 Å². The Morgan fingerprint density at radius 1 is 0.825 bits per heavy atom. The number of hydrogen-bond donors (Lipinski definition) is 1. The van der Waals surface area contributed by atoms with Crippen molar-refractivity contribution in [3.05, 3.63) is 102 Å². The van der Waals surface area contributed by atoms with E-state index in [-0.39, 0.29) is 31.8 Å². The third-order valence-corrected chi connectivity index (χ3v) is 5.94. The van der Waals surface area contributed by atoms with Crippen LogP contribution in [0.1, 0.15) is 43.9 Å². The molecule has 8 heteroatoms. The molecule has 0 saturated heterocycles. The van der Waals surface area contributed by atoms with Crippen LogP contribution in [0.5, 0.6) is 5.75 Å². The Kier molecular flexibility index (Phi) is 11.1. The van der Waals surface area contributed by atoms with Crippen LogP contribution in [0, 0.1) is 0 Å². The van der Waals surface area contributed by atoms with Crippen LogP contribution in [-0.4, -0.2) is 48.2 Å². The number of nitrogens with one attached hydrogen (secondary N) is 1. The molecule has 3 aromatic carbocycles. The Morgan fingerprint density at radius 2 is 1.43 bits per heavy atom. The van der Waals surface area contributed by atoms with Crippen molar-refractivity contribution in [3.63, 3.8) is 0 Å². The van der Waals surface area contributed by atoms with Gasteiger partial charge in [0.25, 0.3) is 0 Å². The molecule has 0 fully saturated rings. The summed E-state index contributed by atoms with van der Waals surface area (Å²) in [6.45, 7) is 6.08. The second-order valence-electron chi connectivity index (χ2n) is 10.4. The molecule has 0 radical (unpaired) electrons. The third-order valence-electron chi connectivity index (χ3n) is 5.94. The maximum Gasteiger partial charge on any atom is 0.408 e. The summed E-state index contributed by atoms with van der Waals surface area (Å²) >= 11 is 0. The highest BCUT2D eigenvalue weighted by Crippen LogP contribution is 2.17. The van der Waals surface area contributed by atoms with Gasteiger partial charge in [0, 0.05) is 19.5 Å². The van der Waals surface area contributed by atoms with Crippen molar-refractivity contribution in [3.8, 4) is 5.75 Å². The van der Waals surface area contributed by atoms with Gasteiger partial charge in [0.1, 0.15) is 24.0 Å². The molecule has 0 spiro atoms. The number of amides is 2. The Labute approximate surface area is 236 Å². The predicted octanol–water partition coefficient (Wildman–Crippen LogP) is 5.29. The molecule has 3 rings (SSSR count). The molecule has 0 aromatic heterocycles. The zero-order chi connectivity index (χ0) is 29.0. The van der Waals surface area contributed by atoms with Crippen LogP contribution < -0.4 is 10.1 Å². The minimum Gasteiger partial charge on any atom is -0.489 e. The first-order valence-electron chi connectivity index (χ1n) is 13.3. The van der Waals surface area contributed by atoms with Crippen LogP contribution in [0.15, 0.2) is 84.9 Å². The molecule has 1 atom stereocenters. The van der Waals surface area contributed by atoms with Crippen LogP contribution in [-0.2, 0) is 38.6 Å². The highest BCUT2D eigenvalue weighted by molar-refractivity contribution is 5.86. The molecule has 0 saturated carbocycles. The second-order valence-corrected chi connectivity index (χ2v) is 10.4. The number of hydrogen-bond acceptors (Lipinski definition) is 6. The van der Waals surface area contributed by atoms with Crippen molar-refractivity contribution in [2.75, 3.05) is 13.7 Å². The molecule has 3 aromatic rings. The van der Waals surface area contributed by atoms with E-state index in [4.69, 9.17) is 14.2 Å². The Hall–Kier alpha value is -4.33. The van der Waals surface area contributed by atoms with E-state index in [1.165, 1.54) is 7.11 Å². The van der Waals surface area contributed by atoms with Gasteiger partial charge in [0.05, 0.1) is 13.5 Å². The minimum absolute atomic E-state index is 0.0189. The van der Waals surface area contributed by atoms with Crippen molar-refractivity contribution in [1.29, 1.82) is 0 Å². The van der Waals surface area contributed by atoms with E-state index in [0.717, 1.165) is 16.7 Å². The predicted molar refractivity (Wildman–Crippen MR) is 153 cm³/mol. The summed E-state index contributed by atoms with van der Waals surface area (Å²) in [5.41, 5.74) is 2.07. The quantitative estimate of drug-likeness (QED) is 0.310. The molecular weight excluding hydrogens is 508 g/mol. The van der Waals surface area contributed by atoms with Crippen LogP contribution >= 0.6 is 0 Å². The lowest BCUT2D eigenvalue weighted by atomic mass is 10.0. The fourth-order valence-electron chi connectivity index (χ4n) is 3.97. The minimum atomic E-state index is -0.900. The van der Waals surface area contributed by atoms with Gasteiger partial charge in [-0.15, -0.1) is 0 Å². The molecule has 0 unspecified atom stereocenters. The van der Waals surface area contributed by atoms with Gasteiger partial charge in [-0.1, -0.05) is 72.8 Å². The molecule has 0 aliphatic carbocycles. The van der Waals surface area contributed by atoms with E-state index in [1.807, 2.05) is 84.9 Å². The van der Waals surface area contributed by atoms with Crippen LogP contribution in [0.25, 0.3) is 0 Å². The maximum absolute atomic E-state index is 13.9. The number of carbonyl (C=O) groups excluding carboxylic acids is 3. The largest absolute Gasteiger partial charge is 0.489 e. The van der Waals surface area contributed by atoms with E-state index in [9.17, 15) is 14.4 Å². The van der Waals surface area contributed by atoms with Crippen molar-refractivity contribution in [1.82, 2.24) is 10.2 Å². The first kappa shape index (κ1) is 30.2. The molecule has 0 bridgehead atoms. The van der Waals surface area contributed by atoms with Gasteiger partial charge < -0.3 is 24.4 Å². The summed E-state index contributed by atoms with van der Waals surface area (Å²) in [5.74, 6) is -0.0567. The highest BCUT2D eigenvalue weighted by atomic mass is 16.6. The van der Waals surface area contributed by atoms with E-state index in [1.54, 1.807) is 25.7 Å². The summed E-state index contributed by atoms with van der Waals surface area (Å²) in [6, 6.07) is 25.9. The number of methoxy groups -OCH3 is 1. The molecule has 8 nitrogen and oxygen atoms in total. The molecule has 2 amide bonds. The smallest absolute Gasteiger partial charge is 0.408 e. The van der Waals surface area contributed by atoms with Gasteiger partial charge in [-0.25, -0.2) is 4.79 Å². The van der Waals surface area contributed by atoms with Gasteiger partial charge in [0.15, 0.2) is 0 Å². The third kappa shape index (κ3) is 10.4. The number of rotatable bonds is 12. The van der Waals surface area contributed by atoms with Gasteiger partial charge in [0.2, 0.25) is 5.91 Å². The molecule has 212 valence electrons. The van der Waals surface area contributed by atoms with E-state index in [2.05, 4.69) is 5.32 Å². The van der Waals surface area contributed by atoms with Crippen molar-refractivity contribution in [2.45, 2.75) is 58.4 Å². The Morgan fingerprint density at radius 3 is 2.00 bits per heavy atom. The fourth-order valence-corrected chi connectivity index (χ4v) is 3.97. The van der Waals surface area contributed by atoms with Crippen molar-refractivity contribution < 1.29 is 28.6 Å². The molecule has 1 N–H and O–H groups in total.